The zero-order valence-electron chi connectivity index (χ0n) is 10.2. The number of rotatable bonds is 3. The molecule has 0 spiro atoms. The molecule has 0 radical (unpaired) electrons. The Morgan fingerprint density at radius 3 is 2.76 bits per heavy atom. The van der Waals surface area contributed by atoms with Crippen LogP contribution in [-0.4, -0.2) is 35.3 Å². The third kappa shape index (κ3) is 2.10. The van der Waals surface area contributed by atoms with Crippen molar-refractivity contribution < 1.29 is 9.84 Å². The molecule has 2 unspecified atom stereocenters. The fraction of sp³-hybridized carbons (Fsp3) is 0.571. The lowest BCUT2D eigenvalue weighted by Gasteiger charge is -2.24. The first-order chi connectivity index (χ1) is 8.29. The Kier molecular flexibility index (Phi) is 2.90. The summed E-state index contributed by atoms with van der Waals surface area (Å²) >= 11 is 0. The largest absolute Gasteiger partial charge is 0.394 e. The minimum absolute atomic E-state index is 0.0276. The highest BCUT2D eigenvalue weighted by Gasteiger charge is 2.42. The van der Waals surface area contributed by atoms with Gasteiger partial charge in [-0.15, -0.1) is 0 Å². The number of benzene rings is 1. The molecule has 17 heavy (non-hydrogen) atoms. The van der Waals surface area contributed by atoms with E-state index in [-0.39, 0.29) is 18.9 Å². The van der Waals surface area contributed by atoms with Gasteiger partial charge in [0.1, 0.15) is 6.23 Å². The highest BCUT2D eigenvalue weighted by Crippen LogP contribution is 2.40. The van der Waals surface area contributed by atoms with E-state index in [0.29, 0.717) is 6.04 Å². The minimum atomic E-state index is -0.0276. The average Bonchev–Trinajstić information content (AvgIpc) is 3.10. The fourth-order valence-electron chi connectivity index (χ4n) is 2.60. The van der Waals surface area contributed by atoms with Crippen molar-refractivity contribution in [1.29, 1.82) is 0 Å². The van der Waals surface area contributed by atoms with E-state index in [9.17, 15) is 5.11 Å². The first kappa shape index (κ1) is 11.2. The molecule has 2 aliphatic rings. The summed E-state index contributed by atoms with van der Waals surface area (Å²) in [4.78, 5) is 2.41. The number of nitrogens with zero attached hydrogens (tertiary/aromatic N) is 1. The Balaban J connectivity index is 1.87. The Hall–Kier alpha value is -0.900. The maximum absolute atomic E-state index is 9.27. The van der Waals surface area contributed by atoms with Crippen LogP contribution in [0.5, 0.6) is 0 Å². The van der Waals surface area contributed by atoms with E-state index in [4.69, 9.17) is 4.74 Å². The second-order valence-electron chi connectivity index (χ2n) is 5.08. The van der Waals surface area contributed by atoms with Crippen molar-refractivity contribution >= 4 is 0 Å². The predicted octanol–water partition coefficient (Wildman–Crippen LogP) is 1.85. The van der Waals surface area contributed by atoms with Crippen LogP contribution in [0, 0.1) is 6.92 Å². The van der Waals surface area contributed by atoms with Gasteiger partial charge in [-0.3, -0.25) is 4.90 Å². The molecule has 2 atom stereocenters. The zero-order chi connectivity index (χ0) is 11.8. The third-order valence-corrected chi connectivity index (χ3v) is 3.71. The highest BCUT2D eigenvalue weighted by molar-refractivity contribution is 5.28. The van der Waals surface area contributed by atoms with Crippen molar-refractivity contribution in [2.45, 2.75) is 38.1 Å². The van der Waals surface area contributed by atoms with Gasteiger partial charge in [0.15, 0.2) is 0 Å². The van der Waals surface area contributed by atoms with Crippen LogP contribution in [0.4, 0.5) is 0 Å². The van der Waals surface area contributed by atoms with E-state index in [1.807, 2.05) is 0 Å². The lowest BCUT2D eigenvalue weighted by atomic mass is 10.1. The summed E-state index contributed by atoms with van der Waals surface area (Å²) in [5.41, 5.74) is 2.51. The Labute approximate surface area is 102 Å². The number of aryl methyl sites for hydroxylation is 1. The molecule has 3 rings (SSSR count). The van der Waals surface area contributed by atoms with Gasteiger partial charge >= 0.3 is 0 Å². The molecule has 1 N–H and O–H groups in total. The Morgan fingerprint density at radius 1 is 1.35 bits per heavy atom. The van der Waals surface area contributed by atoms with Gasteiger partial charge in [-0.25, -0.2) is 0 Å². The van der Waals surface area contributed by atoms with E-state index in [2.05, 4.69) is 36.1 Å². The second-order valence-corrected chi connectivity index (χ2v) is 5.08. The predicted molar refractivity (Wildman–Crippen MR) is 65.6 cm³/mol. The molecule has 92 valence electrons. The number of hydrogen-bond acceptors (Lipinski definition) is 3. The second kappa shape index (κ2) is 4.41. The number of ether oxygens (including phenoxy) is 1. The topological polar surface area (TPSA) is 32.7 Å². The van der Waals surface area contributed by atoms with Gasteiger partial charge in [0.05, 0.1) is 12.7 Å². The van der Waals surface area contributed by atoms with Crippen LogP contribution in [0.2, 0.25) is 0 Å². The molecule has 1 aromatic rings. The summed E-state index contributed by atoms with van der Waals surface area (Å²) in [6, 6.07) is 9.03. The van der Waals surface area contributed by atoms with Crippen LogP contribution in [-0.2, 0) is 4.74 Å². The molecule has 3 heteroatoms. The van der Waals surface area contributed by atoms with Gasteiger partial charge in [-0.2, -0.15) is 0 Å². The molecule has 1 heterocycles. The van der Waals surface area contributed by atoms with Crippen LogP contribution >= 0.6 is 0 Å². The molecule has 1 aliphatic heterocycles. The molecular formula is C14H19NO2. The summed E-state index contributed by atoms with van der Waals surface area (Å²) in [7, 11) is 0. The fourth-order valence-corrected chi connectivity index (χ4v) is 2.60. The monoisotopic (exact) mass is 233 g/mol. The van der Waals surface area contributed by atoms with Gasteiger partial charge < -0.3 is 9.84 Å². The van der Waals surface area contributed by atoms with Crippen LogP contribution in [0.1, 0.15) is 30.2 Å². The average molecular weight is 233 g/mol. The van der Waals surface area contributed by atoms with E-state index in [0.717, 1.165) is 6.54 Å². The van der Waals surface area contributed by atoms with Crippen LogP contribution in [0.15, 0.2) is 24.3 Å². The van der Waals surface area contributed by atoms with Crippen molar-refractivity contribution in [1.82, 2.24) is 4.90 Å². The summed E-state index contributed by atoms with van der Waals surface area (Å²) < 4.78 is 5.97. The minimum Gasteiger partial charge on any atom is -0.394 e. The first-order valence-electron chi connectivity index (χ1n) is 6.37. The standard InChI is InChI=1S/C14H19NO2/c1-10-4-2-3-5-13(10)14-15(11-6-7-11)8-12(9-16)17-14/h2-5,11-12,14,16H,6-9H2,1H3. The third-order valence-electron chi connectivity index (χ3n) is 3.71. The molecule has 1 aliphatic carbocycles. The van der Waals surface area contributed by atoms with Crippen LogP contribution < -0.4 is 0 Å². The molecule has 1 saturated heterocycles. The van der Waals surface area contributed by atoms with E-state index >= 15 is 0 Å². The normalized spacial score (nSPS) is 29.8. The molecule has 1 aromatic carbocycles. The lowest BCUT2D eigenvalue weighted by molar-refractivity contribution is -0.0219. The van der Waals surface area contributed by atoms with E-state index in [1.54, 1.807) is 0 Å². The zero-order valence-corrected chi connectivity index (χ0v) is 10.2. The van der Waals surface area contributed by atoms with Crippen LogP contribution in [0.3, 0.4) is 0 Å². The molecule has 0 aromatic heterocycles. The Bertz CT molecular complexity index is 403. The number of aliphatic hydroxyl groups excluding tert-OH is 1. The molecule has 2 fully saturated rings. The smallest absolute Gasteiger partial charge is 0.137 e. The molecule has 1 saturated carbocycles. The van der Waals surface area contributed by atoms with Crippen molar-refractivity contribution in [2.24, 2.45) is 0 Å². The number of aliphatic hydroxyl groups is 1. The van der Waals surface area contributed by atoms with Crippen molar-refractivity contribution in [2.75, 3.05) is 13.2 Å². The molecular weight excluding hydrogens is 214 g/mol. The van der Waals surface area contributed by atoms with Gasteiger partial charge in [-0.05, 0) is 30.9 Å². The van der Waals surface area contributed by atoms with E-state index in [1.165, 1.54) is 24.0 Å². The van der Waals surface area contributed by atoms with Gasteiger partial charge in [0.25, 0.3) is 0 Å². The summed E-state index contributed by atoms with van der Waals surface area (Å²) in [5, 5.41) is 9.27. The van der Waals surface area contributed by atoms with Crippen molar-refractivity contribution in [3.63, 3.8) is 0 Å². The first-order valence-corrected chi connectivity index (χ1v) is 6.37. The van der Waals surface area contributed by atoms with Crippen molar-refractivity contribution in [3.8, 4) is 0 Å². The van der Waals surface area contributed by atoms with Gasteiger partial charge in [0, 0.05) is 12.6 Å². The SMILES string of the molecule is Cc1ccccc1C1OC(CO)CN1C1CC1. The van der Waals surface area contributed by atoms with Gasteiger partial charge in [0.2, 0.25) is 0 Å². The quantitative estimate of drug-likeness (QED) is 0.865. The number of hydrogen-bond donors (Lipinski definition) is 1. The molecule has 0 amide bonds. The highest BCUT2D eigenvalue weighted by atomic mass is 16.5. The summed E-state index contributed by atoms with van der Waals surface area (Å²) in [6.45, 7) is 3.10. The summed E-state index contributed by atoms with van der Waals surface area (Å²) in [5.74, 6) is 0. The lowest BCUT2D eigenvalue weighted by Crippen LogP contribution is -2.28. The van der Waals surface area contributed by atoms with E-state index < -0.39 is 0 Å². The Morgan fingerprint density at radius 2 is 2.12 bits per heavy atom. The van der Waals surface area contributed by atoms with Crippen molar-refractivity contribution in [3.05, 3.63) is 35.4 Å². The summed E-state index contributed by atoms with van der Waals surface area (Å²) in [6.07, 6.45) is 2.55. The molecule has 0 bridgehead atoms. The molecule has 3 nitrogen and oxygen atoms in total. The van der Waals surface area contributed by atoms with Gasteiger partial charge in [-0.1, -0.05) is 24.3 Å². The maximum Gasteiger partial charge on any atom is 0.137 e. The van der Waals surface area contributed by atoms with Crippen LogP contribution in [0.25, 0.3) is 0 Å². The maximum atomic E-state index is 9.27.